The molecular formula is C15H23N3O3. The minimum absolute atomic E-state index is 0.0826. The zero-order valence-corrected chi connectivity index (χ0v) is 12.5. The van der Waals surface area contributed by atoms with Crippen LogP contribution in [-0.2, 0) is 9.59 Å². The molecule has 116 valence electrons. The number of hydrogen-bond donors (Lipinski definition) is 3. The summed E-state index contributed by atoms with van der Waals surface area (Å²) in [6, 6.07) is 6.75. The zero-order valence-electron chi connectivity index (χ0n) is 12.5. The van der Waals surface area contributed by atoms with Crippen LogP contribution in [0.25, 0.3) is 0 Å². The number of primary amides is 1. The summed E-state index contributed by atoms with van der Waals surface area (Å²) < 4.78 is 5.15. The monoisotopic (exact) mass is 293 g/mol. The van der Waals surface area contributed by atoms with Crippen molar-refractivity contribution in [3.63, 3.8) is 0 Å². The van der Waals surface area contributed by atoms with Gasteiger partial charge in [-0.15, -0.1) is 0 Å². The largest absolute Gasteiger partial charge is 0.484 e. The molecule has 0 aliphatic heterocycles. The second-order valence-corrected chi connectivity index (χ2v) is 4.93. The van der Waals surface area contributed by atoms with Crippen molar-refractivity contribution in [1.82, 2.24) is 0 Å². The molecule has 0 aliphatic rings. The molecule has 0 bridgehead atoms. The quantitative estimate of drug-likeness (QED) is 0.670. The molecule has 6 heteroatoms. The van der Waals surface area contributed by atoms with E-state index in [2.05, 4.69) is 5.32 Å². The predicted molar refractivity (Wildman–Crippen MR) is 81.8 cm³/mol. The molecule has 0 saturated carbocycles. The fraction of sp³-hybridized carbons (Fsp3) is 0.467. The van der Waals surface area contributed by atoms with Crippen LogP contribution < -0.4 is 21.5 Å². The van der Waals surface area contributed by atoms with Crippen LogP contribution >= 0.6 is 0 Å². The molecule has 0 spiro atoms. The van der Waals surface area contributed by atoms with Crippen molar-refractivity contribution in [2.24, 2.45) is 16.9 Å². The Kier molecular flexibility index (Phi) is 6.17. The number of nitrogens with two attached hydrogens (primary N) is 2. The molecule has 6 nitrogen and oxygen atoms in total. The molecule has 1 aromatic carbocycles. The number of nitrogens with one attached hydrogen (secondary N) is 1. The van der Waals surface area contributed by atoms with Gasteiger partial charge < -0.3 is 21.5 Å². The highest BCUT2D eigenvalue weighted by Crippen LogP contribution is 2.27. The summed E-state index contributed by atoms with van der Waals surface area (Å²) in [4.78, 5) is 23.0. The molecule has 1 rings (SSSR count). The molecule has 0 aliphatic carbocycles. The maximum Gasteiger partial charge on any atom is 0.255 e. The minimum Gasteiger partial charge on any atom is -0.484 e. The van der Waals surface area contributed by atoms with E-state index >= 15 is 0 Å². The van der Waals surface area contributed by atoms with Gasteiger partial charge in [0.2, 0.25) is 5.91 Å². The van der Waals surface area contributed by atoms with Gasteiger partial charge in [-0.25, -0.2) is 0 Å². The third-order valence-electron chi connectivity index (χ3n) is 3.72. The first-order valence-corrected chi connectivity index (χ1v) is 7.00. The summed E-state index contributed by atoms with van der Waals surface area (Å²) in [5, 5.41) is 2.86. The van der Waals surface area contributed by atoms with Gasteiger partial charge >= 0.3 is 0 Å². The fourth-order valence-corrected chi connectivity index (χ4v) is 2.01. The average Bonchev–Trinajstić information content (AvgIpc) is 2.49. The first-order chi connectivity index (χ1) is 9.97. The van der Waals surface area contributed by atoms with Crippen LogP contribution in [0.15, 0.2) is 24.3 Å². The molecule has 0 unspecified atom stereocenters. The lowest BCUT2D eigenvalue weighted by molar-refractivity contribution is -0.125. The van der Waals surface area contributed by atoms with Gasteiger partial charge in [-0.05, 0) is 37.1 Å². The number of amides is 2. The van der Waals surface area contributed by atoms with Gasteiger partial charge in [0.25, 0.3) is 5.91 Å². The summed E-state index contributed by atoms with van der Waals surface area (Å²) >= 11 is 0. The van der Waals surface area contributed by atoms with E-state index in [0.717, 1.165) is 0 Å². The maximum atomic E-state index is 12.3. The fourth-order valence-electron chi connectivity index (χ4n) is 2.01. The number of benzene rings is 1. The summed E-state index contributed by atoms with van der Waals surface area (Å²) in [5.74, 6) is -0.102. The van der Waals surface area contributed by atoms with Crippen molar-refractivity contribution in [1.29, 1.82) is 0 Å². The van der Waals surface area contributed by atoms with Crippen molar-refractivity contribution in [3.05, 3.63) is 24.3 Å². The SMILES string of the molecule is CCC(CC)(CN)C(=O)Nc1ccc(OCC(N)=O)cc1. The van der Waals surface area contributed by atoms with Gasteiger partial charge in [0, 0.05) is 12.2 Å². The number of hydrogen-bond acceptors (Lipinski definition) is 4. The third kappa shape index (κ3) is 4.46. The van der Waals surface area contributed by atoms with E-state index < -0.39 is 11.3 Å². The Morgan fingerprint density at radius 1 is 1.19 bits per heavy atom. The van der Waals surface area contributed by atoms with Gasteiger partial charge in [0.1, 0.15) is 5.75 Å². The summed E-state index contributed by atoms with van der Waals surface area (Å²) in [7, 11) is 0. The lowest BCUT2D eigenvalue weighted by Crippen LogP contribution is -2.41. The first-order valence-electron chi connectivity index (χ1n) is 7.00. The summed E-state index contributed by atoms with van der Waals surface area (Å²) in [6.07, 6.45) is 1.37. The van der Waals surface area contributed by atoms with Crippen LogP contribution in [0.3, 0.4) is 0 Å². The lowest BCUT2D eigenvalue weighted by atomic mass is 9.81. The van der Waals surface area contributed by atoms with Crippen LogP contribution in [0.2, 0.25) is 0 Å². The molecule has 0 fully saturated rings. The van der Waals surface area contributed by atoms with Crippen LogP contribution in [0.1, 0.15) is 26.7 Å². The van der Waals surface area contributed by atoms with Gasteiger partial charge in [-0.1, -0.05) is 13.8 Å². The molecule has 1 aromatic rings. The smallest absolute Gasteiger partial charge is 0.255 e. The molecule has 21 heavy (non-hydrogen) atoms. The van der Waals surface area contributed by atoms with Crippen LogP contribution in [0.4, 0.5) is 5.69 Å². The van der Waals surface area contributed by atoms with Crippen molar-refractivity contribution in [2.45, 2.75) is 26.7 Å². The average molecular weight is 293 g/mol. The highest BCUT2D eigenvalue weighted by molar-refractivity contribution is 5.95. The van der Waals surface area contributed by atoms with Crippen molar-refractivity contribution in [2.75, 3.05) is 18.5 Å². The van der Waals surface area contributed by atoms with Crippen molar-refractivity contribution < 1.29 is 14.3 Å². The normalized spacial score (nSPS) is 11.0. The minimum atomic E-state index is -0.541. The Labute approximate surface area is 124 Å². The molecule has 0 aromatic heterocycles. The predicted octanol–water partition coefficient (Wildman–Crippen LogP) is 1.25. The molecule has 0 heterocycles. The molecule has 0 radical (unpaired) electrons. The third-order valence-corrected chi connectivity index (χ3v) is 3.72. The van der Waals surface area contributed by atoms with Gasteiger partial charge in [0.15, 0.2) is 6.61 Å². The van der Waals surface area contributed by atoms with E-state index in [-0.39, 0.29) is 12.5 Å². The summed E-state index contributed by atoms with van der Waals surface area (Å²) in [6.45, 7) is 4.05. The number of ether oxygens (including phenoxy) is 1. The Morgan fingerprint density at radius 3 is 2.19 bits per heavy atom. The topological polar surface area (TPSA) is 107 Å². The Balaban J connectivity index is 2.71. The van der Waals surface area contributed by atoms with E-state index in [1.54, 1.807) is 24.3 Å². The Morgan fingerprint density at radius 2 is 1.76 bits per heavy atom. The van der Waals surface area contributed by atoms with Gasteiger partial charge in [-0.2, -0.15) is 0 Å². The van der Waals surface area contributed by atoms with E-state index in [9.17, 15) is 9.59 Å². The molecule has 0 saturated heterocycles. The van der Waals surface area contributed by atoms with Crippen LogP contribution in [0.5, 0.6) is 5.75 Å². The Hall–Kier alpha value is -2.08. The van der Waals surface area contributed by atoms with Gasteiger partial charge in [0.05, 0.1) is 5.41 Å². The van der Waals surface area contributed by atoms with Gasteiger partial charge in [-0.3, -0.25) is 9.59 Å². The summed E-state index contributed by atoms with van der Waals surface area (Å²) in [5.41, 5.74) is 10.9. The molecule has 5 N–H and O–H groups in total. The zero-order chi connectivity index (χ0) is 15.9. The van der Waals surface area contributed by atoms with E-state index in [4.69, 9.17) is 16.2 Å². The highest BCUT2D eigenvalue weighted by Gasteiger charge is 2.33. The Bertz CT molecular complexity index is 473. The molecule has 0 atom stereocenters. The van der Waals surface area contributed by atoms with Crippen molar-refractivity contribution >= 4 is 17.5 Å². The van der Waals surface area contributed by atoms with E-state index in [1.807, 2.05) is 13.8 Å². The van der Waals surface area contributed by atoms with Crippen LogP contribution in [-0.4, -0.2) is 25.0 Å². The highest BCUT2D eigenvalue weighted by atomic mass is 16.5. The molecule has 2 amide bonds. The number of rotatable bonds is 8. The lowest BCUT2D eigenvalue weighted by Gasteiger charge is -2.28. The number of carbonyl (C=O) groups is 2. The molecular weight excluding hydrogens is 270 g/mol. The number of carbonyl (C=O) groups excluding carboxylic acids is 2. The second-order valence-electron chi connectivity index (χ2n) is 4.93. The maximum absolute atomic E-state index is 12.3. The number of anilines is 1. The second kappa shape index (κ2) is 7.64. The van der Waals surface area contributed by atoms with E-state index in [1.165, 1.54) is 0 Å². The standard InChI is InChI=1S/C15H23N3O3/c1-3-15(4-2,10-16)14(20)18-11-5-7-12(8-6-11)21-9-13(17)19/h5-8H,3-4,9-10,16H2,1-2H3,(H2,17,19)(H,18,20). The van der Waals surface area contributed by atoms with Crippen LogP contribution in [0, 0.1) is 5.41 Å². The van der Waals surface area contributed by atoms with Crippen molar-refractivity contribution in [3.8, 4) is 5.75 Å². The van der Waals surface area contributed by atoms with E-state index in [0.29, 0.717) is 30.8 Å². The first kappa shape index (κ1) is 17.0.